The summed E-state index contributed by atoms with van der Waals surface area (Å²) in [6.45, 7) is 4.74. The fraction of sp³-hybridized carbons (Fsp3) is 0.464. The highest BCUT2D eigenvalue weighted by Crippen LogP contribution is 2.40. The van der Waals surface area contributed by atoms with Crippen molar-refractivity contribution in [2.75, 3.05) is 18.4 Å². The van der Waals surface area contributed by atoms with Crippen molar-refractivity contribution in [3.63, 3.8) is 0 Å². The zero-order chi connectivity index (χ0) is 27.9. The van der Waals surface area contributed by atoms with Gasteiger partial charge in [-0.15, -0.1) is 0 Å². The molecule has 10 nitrogen and oxygen atoms in total. The highest BCUT2D eigenvalue weighted by Gasteiger charge is 2.45. The van der Waals surface area contributed by atoms with Gasteiger partial charge in [-0.25, -0.2) is 8.91 Å². The summed E-state index contributed by atoms with van der Waals surface area (Å²) in [5.41, 5.74) is 1.61. The number of ketones is 1. The summed E-state index contributed by atoms with van der Waals surface area (Å²) < 4.78 is 16.0. The van der Waals surface area contributed by atoms with Crippen LogP contribution in [0, 0.1) is 23.2 Å². The fourth-order valence-electron chi connectivity index (χ4n) is 5.69. The molecule has 3 aromatic heterocycles. The number of aliphatic hydroxyl groups is 1. The summed E-state index contributed by atoms with van der Waals surface area (Å²) in [5.74, 6) is 0.212. The SMILES string of the molecule is CC(=O)[C@@H]1NC[C@@H]2C[C@@H](Nc3cc(-c4ccc5cc(C#N)cnn45)ncc3C(=O)NC[C@@H](F)C(C)(C)O)C[C@H]21. The van der Waals surface area contributed by atoms with Crippen LogP contribution in [0.15, 0.2) is 36.7 Å². The van der Waals surface area contributed by atoms with Crippen LogP contribution >= 0.6 is 0 Å². The van der Waals surface area contributed by atoms with E-state index >= 15 is 0 Å². The number of fused-ring (bicyclic) bond motifs is 2. The Bertz CT molecular complexity index is 1460. The molecule has 4 N–H and O–H groups in total. The number of amides is 1. The number of hydrogen-bond acceptors (Lipinski definition) is 8. The lowest BCUT2D eigenvalue weighted by Crippen LogP contribution is -2.42. The first kappa shape index (κ1) is 26.7. The number of carbonyl (C=O) groups excluding carboxylic acids is 2. The number of pyridine rings is 1. The van der Waals surface area contributed by atoms with Crippen LogP contribution in [0.5, 0.6) is 0 Å². The summed E-state index contributed by atoms with van der Waals surface area (Å²) in [5, 5.41) is 32.9. The van der Waals surface area contributed by atoms with Gasteiger partial charge in [0.1, 0.15) is 18.0 Å². The smallest absolute Gasteiger partial charge is 0.255 e. The van der Waals surface area contributed by atoms with Crippen molar-refractivity contribution in [1.29, 1.82) is 5.26 Å². The third kappa shape index (κ3) is 5.35. The first-order valence-electron chi connectivity index (χ1n) is 13.1. The molecular formula is C28H32FN7O3. The summed E-state index contributed by atoms with van der Waals surface area (Å²) >= 11 is 0. The molecule has 0 aromatic carbocycles. The Labute approximate surface area is 225 Å². The molecule has 2 fully saturated rings. The molecule has 1 saturated carbocycles. The van der Waals surface area contributed by atoms with Crippen LogP contribution in [-0.2, 0) is 4.79 Å². The first-order chi connectivity index (χ1) is 18.5. The van der Waals surface area contributed by atoms with E-state index in [1.807, 2.05) is 12.1 Å². The van der Waals surface area contributed by atoms with Crippen molar-refractivity contribution in [1.82, 2.24) is 25.2 Å². The van der Waals surface area contributed by atoms with E-state index in [0.29, 0.717) is 28.6 Å². The van der Waals surface area contributed by atoms with Crippen molar-refractivity contribution in [2.45, 2.75) is 57.5 Å². The van der Waals surface area contributed by atoms with E-state index in [9.17, 15) is 24.3 Å². The molecule has 204 valence electrons. The Kier molecular flexibility index (Phi) is 7.09. The second kappa shape index (κ2) is 10.4. The van der Waals surface area contributed by atoms with E-state index in [1.54, 1.807) is 23.6 Å². The number of nitrogens with zero attached hydrogens (tertiary/aromatic N) is 4. The fourth-order valence-corrected chi connectivity index (χ4v) is 5.69. The number of Topliss-reactive ketones (excluding diaryl/α,β-unsaturated/α-hetero) is 1. The van der Waals surface area contributed by atoms with Crippen molar-refractivity contribution in [3.05, 3.63) is 47.8 Å². The van der Waals surface area contributed by atoms with Gasteiger partial charge in [-0.2, -0.15) is 10.4 Å². The first-order valence-corrected chi connectivity index (χ1v) is 13.1. The molecule has 39 heavy (non-hydrogen) atoms. The van der Waals surface area contributed by atoms with E-state index in [0.717, 1.165) is 24.9 Å². The molecule has 0 spiro atoms. The molecule has 4 heterocycles. The third-order valence-corrected chi connectivity index (χ3v) is 7.82. The van der Waals surface area contributed by atoms with E-state index in [2.05, 4.69) is 32.1 Å². The van der Waals surface area contributed by atoms with Gasteiger partial charge in [0.05, 0.1) is 58.1 Å². The van der Waals surface area contributed by atoms with E-state index in [-0.39, 0.29) is 35.9 Å². The Hall–Kier alpha value is -3.88. The van der Waals surface area contributed by atoms with Gasteiger partial charge < -0.3 is 21.1 Å². The lowest BCUT2D eigenvalue weighted by Gasteiger charge is -2.23. The van der Waals surface area contributed by atoms with E-state index in [4.69, 9.17) is 0 Å². The Morgan fingerprint density at radius 1 is 1.31 bits per heavy atom. The van der Waals surface area contributed by atoms with Gasteiger partial charge in [-0.1, -0.05) is 0 Å². The topological polar surface area (TPSA) is 144 Å². The van der Waals surface area contributed by atoms with Crippen molar-refractivity contribution in [3.8, 4) is 17.5 Å². The molecule has 2 aliphatic rings. The minimum atomic E-state index is -1.65. The number of nitriles is 1. The Morgan fingerprint density at radius 2 is 2.10 bits per heavy atom. The zero-order valence-electron chi connectivity index (χ0n) is 22.1. The second-order valence-corrected chi connectivity index (χ2v) is 11.1. The molecule has 1 aliphatic heterocycles. The van der Waals surface area contributed by atoms with Gasteiger partial charge in [-0.3, -0.25) is 14.6 Å². The number of rotatable bonds is 8. The highest BCUT2D eigenvalue weighted by molar-refractivity contribution is 6.00. The van der Waals surface area contributed by atoms with Crippen molar-refractivity contribution in [2.24, 2.45) is 11.8 Å². The number of carbonyl (C=O) groups is 2. The average molecular weight is 534 g/mol. The van der Waals surface area contributed by atoms with Crippen molar-refractivity contribution >= 4 is 22.9 Å². The number of halogens is 1. The predicted molar refractivity (Wildman–Crippen MR) is 143 cm³/mol. The molecule has 1 aliphatic carbocycles. The van der Waals surface area contributed by atoms with Gasteiger partial charge in [0.2, 0.25) is 0 Å². The van der Waals surface area contributed by atoms with Crippen LogP contribution in [-0.4, -0.2) is 68.3 Å². The zero-order valence-corrected chi connectivity index (χ0v) is 22.1. The van der Waals surface area contributed by atoms with Gasteiger partial charge >= 0.3 is 0 Å². The van der Waals surface area contributed by atoms with Gasteiger partial charge in [0, 0.05) is 12.2 Å². The summed E-state index contributed by atoms with van der Waals surface area (Å²) in [7, 11) is 0. The maximum atomic E-state index is 14.3. The number of hydrogen-bond donors (Lipinski definition) is 4. The Morgan fingerprint density at radius 3 is 2.82 bits per heavy atom. The van der Waals surface area contributed by atoms with E-state index < -0.39 is 17.7 Å². The number of aromatic nitrogens is 3. The van der Waals surface area contributed by atoms with Crippen LogP contribution < -0.4 is 16.0 Å². The molecule has 1 amide bonds. The molecule has 1 saturated heterocycles. The maximum Gasteiger partial charge on any atom is 0.255 e. The average Bonchev–Trinajstić information content (AvgIpc) is 3.60. The summed E-state index contributed by atoms with van der Waals surface area (Å²) in [6.07, 6.45) is 2.90. The molecule has 11 heteroatoms. The summed E-state index contributed by atoms with van der Waals surface area (Å²) in [4.78, 5) is 29.8. The van der Waals surface area contributed by atoms with Crippen LogP contribution in [0.1, 0.15) is 49.5 Å². The predicted octanol–water partition coefficient (Wildman–Crippen LogP) is 2.47. The number of nitrogens with one attached hydrogen (secondary N) is 3. The molecule has 5 rings (SSSR count). The third-order valence-electron chi connectivity index (χ3n) is 7.82. The largest absolute Gasteiger partial charge is 0.387 e. The molecule has 3 aromatic rings. The Balaban J connectivity index is 1.45. The number of anilines is 1. The minimum absolute atomic E-state index is 0.0384. The molecular weight excluding hydrogens is 501 g/mol. The lowest BCUT2D eigenvalue weighted by atomic mass is 9.92. The van der Waals surface area contributed by atoms with Gasteiger partial charge in [-0.05, 0) is 76.3 Å². The molecule has 5 atom stereocenters. The molecule has 0 unspecified atom stereocenters. The molecule has 0 bridgehead atoms. The minimum Gasteiger partial charge on any atom is -0.387 e. The van der Waals surface area contributed by atoms with Gasteiger partial charge in [0.25, 0.3) is 5.91 Å². The van der Waals surface area contributed by atoms with Crippen LogP contribution in [0.3, 0.4) is 0 Å². The van der Waals surface area contributed by atoms with Crippen LogP contribution in [0.25, 0.3) is 16.9 Å². The standard InChI is InChI=1S/C28H32FN7O3/c1-15(37)26-20-8-18(7-17(20)12-32-26)35-22-9-23(24-5-4-19-6-16(10-30)11-34-36(19)24)31-13-21(22)27(38)33-14-25(29)28(2,3)39/h4-6,9,11,13,17-18,20,25-26,32,39H,7-8,12,14H2,1-3H3,(H,31,35)(H,33,38)/t17-,18+,20+,25+,26-/m0/s1. The quantitative estimate of drug-likeness (QED) is 0.346. The van der Waals surface area contributed by atoms with E-state index in [1.165, 1.54) is 26.2 Å². The summed E-state index contributed by atoms with van der Waals surface area (Å²) in [6, 6.07) is 9.14. The van der Waals surface area contributed by atoms with Gasteiger partial charge in [0.15, 0.2) is 0 Å². The number of alkyl halides is 1. The highest BCUT2D eigenvalue weighted by atomic mass is 19.1. The van der Waals surface area contributed by atoms with Crippen LogP contribution in [0.2, 0.25) is 0 Å². The lowest BCUT2D eigenvalue weighted by molar-refractivity contribution is -0.119. The maximum absolute atomic E-state index is 14.3. The second-order valence-electron chi connectivity index (χ2n) is 11.1. The van der Waals surface area contributed by atoms with Crippen molar-refractivity contribution < 1.29 is 19.1 Å². The van der Waals surface area contributed by atoms with Crippen LogP contribution in [0.4, 0.5) is 10.1 Å². The molecule has 0 radical (unpaired) electrons. The monoisotopic (exact) mass is 533 g/mol. The normalized spacial score (nSPS) is 23.3.